The van der Waals surface area contributed by atoms with Crippen LogP contribution in [0.1, 0.15) is 43.9 Å². The van der Waals surface area contributed by atoms with Crippen LogP contribution in [0.4, 0.5) is 20.1 Å². The first-order valence-corrected chi connectivity index (χ1v) is 15.3. The third-order valence-corrected chi connectivity index (χ3v) is 9.77. The number of anilines is 2. The fourth-order valence-corrected chi connectivity index (χ4v) is 7.38. The first-order valence-electron chi connectivity index (χ1n) is 14.1. The van der Waals surface area contributed by atoms with Crippen LogP contribution in [0.15, 0.2) is 18.3 Å². The van der Waals surface area contributed by atoms with Crippen LogP contribution in [-0.4, -0.2) is 71.0 Å². The quantitative estimate of drug-likeness (QED) is 0.269. The van der Waals surface area contributed by atoms with E-state index in [9.17, 15) is 15.2 Å². The van der Waals surface area contributed by atoms with Crippen molar-refractivity contribution in [1.29, 1.82) is 5.26 Å². The molecule has 1 fully saturated rings. The third-order valence-electron chi connectivity index (χ3n) is 8.33. The minimum atomic E-state index is -0.744. The predicted molar refractivity (Wildman–Crippen MR) is 169 cm³/mol. The molecule has 1 unspecified atom stereocenters. The molecule has 44 heavy (non-hydrogen) atoms. The summed E-state index contributed by atoms with van der Waals surface area (Å²) in [5.41, 5.74) is 1.45. The smallest absolute Gasteiger partial charge is 0.412 e. The lowest BCUT2D eigenvalue weighted by Crippen LogP contribution is -2.49. The second-order valence-corrected chi connectivity index (χ2v) is 13.8. The zero-order valence-electron chi connectivity index (χ0n) is 25.0. The number of carbonyl (C=O) groups excluding carboxylic acids is 1. The van der Waals surface area contributed by atoms with E-state index in [1.54, 1.807) is 33.0 Å². The number of hydrogen-bond acceptors (Lipinski definition) is 10. The van der Waals surface area contributed by atoms with Crippen molar-refractivity contribution in [3.05, 3.63) is 45.9 Å². The number of aliphatic hydroxyl groups is 1. The number of ether oxygens (including phenoxy) is 2. The predicted octanol–water partition coefficient (Wildman–Crippen LogP) is 6.06. The van der Waals surface area contributed by atoms with E-state index >= 15 is 4.39 Å². The number of nitriles is 1. The Labute approximate surface area is 263 Å². The van der Waals surface area contributed by atoms with Gasteiger partial charge in [-0.25, -0.2) is 19.2 Å². The van der Waals surface area contributed by atoms with Gasteiger partial charge in [-0.15, -0.1) is 11.3 Å². The number of rotatable bonds is 5. The maximum atomic E-state index is 16.0. The van der Waals surface area contributed by atoms with Gasteiger partial charge in [0.05, 0.1) is 41.5 Å². The van der Waals surface area contributed by atoms with Gasteiger partial charge in [-0.2, -0.15) is 5.26 Å². The Kier molecular flexibility index (Phi) is 7.66. The van der Waals surface area contributed by atoms with Crippen LogP contribution in [-0.2, 0) is 22.7 Å². The van der Waals surface area contributed by atoms with Gasteiger partial charge < -0.3 is 19.5 Å². The SMILES string of the molecule is CN(C)C1(CO)CCN(c2ncc3c4c(c(-c5c(F)ccc6sc(NC(=O)OC(C)(C)C)c(C#N)c56)c(Cl)c3n2)COC4)C1. The van der Waals surface area contributed by atoms with Crippen LogP contribution in [0, 0.1) is 17.1 Å². The topological polar surface area (TPSA) is 124 Å². The molecule has 230 valence electrons. The first-order chi connectivity index (χ1) is 20.9. The van der Waals surface area contributed by atoms with Gasteiger partial charge in [0.15, 0.2) is 0 Å². The maximum Gasteiger partial charge on any atom is 0.412 e. The lowest BCUT2D eigenvalue weighted by atomic mass is 9.91. The molecule has 0 radical (unpaired) electrons. The number of thiophene rings is 1. The van der Waals surface area contributed by atoms with E-state index in [0.717, 1.165) is 23.3 Å². The molecule has 0 aliphatic carbocycles. The van der Waals surface area contributed by atoms with Crippen molar-refractivity contribution in [3.63, 3.8) is 0 Å². The molecule has 1 atom stereocenters. The van der Waals surface area contributed by atoms with Crippen LogP contribution in [0.3, 0.4) is 0 Å². The molecule has 2 aromatic carbocycles. The number of aliphatic hydroxyl groups excluding tert-OH is 1. The highest BCUT2D eigenvalue weighted by molar-refractivity contribution is 7.23. The molecule has 2 N–H and O–H groups in total. The van der Waals surface area contributed by atoms with Gasteiger partial charge in [-0.1, -0.05) is 11.6 Å². The second-order valence-electron chi connectivity index (χ2n) is 12.4. The summed E-state index contributed by atoms with van der Waals surface area (Å²) in [7, 11) is 3.88. The molecule has 4 heterocycles. The molecular weight excluding hydrogens is 607 g/mol. The second kappa shape index (κ2) is 11.1. The van der Waals surface area contributed by atoms with Crippen LogP contribution in [0.25, 0.3) is 32.1 Å². The average molecular weight is 639 g/mol. The van der Waals surface area contributed by atoms with Crippen molar-refractivity contribution in [3.8, 4) is 17.2 Å². The normalized spacial score (nSPS) is 18.3. The molecule has 10 nitrogen and oxygen atoms in total. The van der Waals surface area contributed by atoms with Gasteiger partial charge in [-0.05, 0) is 64.5 Å². The number of nitrogens with zero attached hydrogens (tertiary/aromatic N) is 5. The summed E-state index contributed by atoms with van der Waals surface area (Å²) in [5.74, 6) is -0.115. The maximum absolute atomic E-state index is 16.0. The van der Waals surface area contributed by atoms with Gasteiger partial charge in [0.2, 0.25) is 5.95 Å². The standard InChI is InChI=1S/C31H32ClFN6O4S/c1-30(2,3)43-29(41)37-27-16(10-34)22-21(44-27)7-6-20(33)24(22)23-19-13-42-12-18(19)17-11-35-28(36-26(17)25(23)32)39-9-8-31(14-39,15-40)38(4)5/h6-7,11,40H,8-9,12-15H2,1-5H3,(H,37,41). The van der Waals surface area contributed by atoms with Gasteiger partial charge in [0.1, 0.15) is 22.5 Å². The highest BCUT2D eigenvalue weighted by Gasteiger charge is 2.41. The number of fused-ring (bicyclic) bond motifs is 4. The fraction of sp³-hybridized carbons (Fsp3) is 0.419. The summed E-state index contributed by atoms with van der Waals surface area (Å²) in [6.45, 7) is 6.86. The molecule has 4 aromatic rings. The number of amides is 1. The summed E-state index contributed by atoms with van der Waals surface area (Å²) in [6, 6.07) is 5.07. The molecule has 1 saturated heterocycles. The summed E-state index contributed by atoms with van der Waals surface area (Å²) in [6.07, 6.45) is 1.74. The minimum Gasteiger partial charge on any atom is -0.444 e. The number of carbonyl (C=O) groups is 1. The van der Waals surface area contributed by atoms with Crippen LogP contribution in [0.5, 0.6) is 0 Å². The molecule has 0 saturated carbocycles. The van der Waals surface area contributed by atoms with Crippen molar-refractivity contribution in [1.82, 2.24) is 14.9 Å². The molecule has 0 spiro atoms. The molecule has 13 heteroatoms. The Morgan fingerprint density at radius 1 is 1.32 bits per heavy atom. The molecule has 1 amide bonds. The van der Waals surface area contributed by atoms with Gasteiger partial charge in [-0.3, -0.25) is 10.2 Å². The fourth-order valence-electron chi connectivity index (χ4n) is 5.98. The van der Waals surface area contributed by atoms with Crippen molar-refractivity contribution >= 4 is 61.0 Å². The van der Waals surface area contributed by atoms with Gasteiger partial charge in [0.25, 0.3) is 0 Å². The largest absolute Gasteiger partial charge is 0.444 e. The Bertz CT molecular complexity index is 1870. The number of nitrogens with one attached hydrogen (secondary N) is 1. The van der Waals surface area contributed by atoms with Crippen LogP contribution < -0.4 is 10.2 Å². The van der Waals surface area contributed by atoms with Gasteiger partial charge >= 0.3 is 6.09 Å². The number of aromatic nitrogens is 2. The average Bonchev–Trinajstić information content (AvgIpc) is 3.70. The van der Waals surface area contributed by atoms with E-state index in [-0.39, 0.29) is 41.0 Å². The van der Waals surface area contributed by atoms with Crippen molar-refractivity contribution in [2.75, 3.05) is 44.0 Å². The van der Waals surface area contributed by atoms with E-state index < -0.39 is 23.1 Å². The van der Waals surface area contributed by atoms with E-state index in [2.05, 4.69) is 16.4 Å². The summed E-state index contributed by atoms with van der Waals surface area (Å²) < 4.78 is 27.8. The highest BCUT2D eigenvalue weighted by atomic mass is 35.5. The molecule has 2 aliphatic rings. The van der Waals surface area contributed by atoms with Crippen molar-refractivity contribution in [2.45, 2.75) is 51.5 Å². The van der Waals surface area contributed by atoms with Gasteiger partial charge in [0, 0.05) is 45.9 Å². The number of likely N-dealkylation sites (N-methyl/N-ethyl adjacent to an activating group) is 1. The molecule has 0 bridgehead atoms. The number of hydrogen-bond donors (Lipinski definition) is 2. The van der Waals surface area contributed by atoms with Crippen LogP contribution >= 0.6 is 22.9 Å². The Balaban J connectivity index is 1.53. The molecular formula is C31H32ClFN6O4S. The van der Waals surface area contributed by atoms with Crippen molar-refractivity contribution in [2.24, 2.45) is 0 Å². The first kappa shape index (κ1) is 30.4. The lowest BCUT2D eigenvalue weighted by Gasteiger charge is -2.34. The monoisotopic (exact) mass is 638 g/mol. The zero-order valence-corrected chi connectivity index (χ0v) is 26.6. The van der Waals surface area contributed by atoms with E-state index in [1.807, 2.05) is 23.9 Å². The van der Waals surface area contributed by atoms with E-state index in [0.29, 0.717) is 51.2 Å². The Morgan fingerprint density at radius 2 is 2.07 bits per heavy atom. The third kappa shape index (κ3) is 5.02. The molecule has 6 rings (SSSR count). The van der Waals surface area contributed by atoms with Crippen LogP contribution in [0.2, 0.25) is 5.02 Å². The Morgan fingerprint density at radius 3 is 2.73 bits per heavy atom. The zero-order chi connectivity index (χ0) is 31.6. The molecule has 2 aromatic heterocycles. The van der Waals surface area contributed by atoms with Crippen molar-refractivity contribution < 1.29 is 23.8 Å². The van der Waals surface area contributed by atoms with E-state index in [4.69, 9.17) is 26.1 Å². The lowest BCUT2D eigenvalue weighted by molar-refractivity contribution is 0.0636. The molecule has 2 aliphatic heterocycles. The number of benzene rings is 2. The summed E-state index contributed by atoms with van der Waals surface area (Å²) in [4.78, 5) is 26.2. The number of halogens is 2. The highest BCUT2D eigenvalue weighted by Crippen LogP contribution is 2.49. The summed E-state index contributed by atoms with van der Waals surface area (Å²) >= 11 is 8.31. The summed E-state index contributed by atoms with van der Waals surface area (Å²) in [5, 5.41) is 24.6. The Hall–Kier alpha value is -3.60. The van der Waals surface area contributed by atoms with E-state index in [1.165, 1.54) is 6.07 Å². The minimum absolute atomic E-state index is 0.00421.